The minimum atomic E-state index is -1.88. The fraction of sp³-hybridized carbons (Fsp3) is 0.200. The summed E-state index contributed by atoms with van der Waals surface area (Å²) < 4.78 is 0. The van der Waals surface area contributed by atoms with Crippen LogP contribution < -0.4 is 5.73 Å². The molecule has 1 atom stereocenters. The number of carbonyl (C=O) groups excluding carboxylic acids is 1. The second-order valence-electron chi connectivity index (χ2n) is 2.93. The Bertz CT molecular complexity index is 369. The third-order valence-corrected chi connectivity index (χ3v) is 1.99. The minimum absolute atomic E-state index is 0.341. The molecule has 0 fully saturated rings. The second-order valence-corrected chi connectivity index (χ2v) is 2.93. The topological polar surface area (TPSA) is 87.1 Å². The molecular weight excluding hydrogens is 180 g/mol. The molecule has 0 aromatic heterocycles. The molecule has 0 aliphatic carbocycles. The summed E-state index contributed by atoms with van der Waals surface area (Å²) in [6.45, 7) is 0. The Labute approximate surface area is 81.6 Å². The average molecular weight is 190 g/mol. The highest BCUT2D eigenvalue weighted by Crippen LogP contribution is 2.23. The van der Waals surface area contributed by atoms with Gasteiger partial charge in [0.15, 0.2) is 5.60 Å². The van der Waals surface area contributed by atoms with Crippen LogP contribution in [0.25, 0.3) is 0 Å². The average Bonchev–Trinajstić information content (AvgIpc) is 2.19. The number of benzene rings is 1. The van der Waals surface area contributed by atoms with Crippen LogP contribution in [-0.4, -0.2) is 11.0 Å². The fourth-order valence-corrected chi connectivity index (χ4v) is 1.16. The number of carbonyl (C=O) groups is 1. The number of amides is 1. The number of aliphatic hydroxyl groups is 1. The van der Waals surface area contributed by atoms with Crippen molar-refractivity contribution in [2.24, 2.45) is 5.73 Å². The minimum Gasteiger partial charge on any atom is -0.374 e. The van der Waals surface area contributed by atoms with E-state index >= 15 is 0 Å². The maximum absolute atomic E-state index is 11.0. The van der Waals surface area contributed by atoms with Gasteiger partial charge in [0, 0.05) is 0 Å². The zero-order chi connectivity index (χ0) is 10.6. The van der Waals surface area contributed by atoms with Gasteiger partial charge >= 0.3 is 0 Å². The van der Waals surface area contributed by atoms with E-state index < -0.39 is 11.5 Å². The molecule has 72 valence electrons. The molecule has 0 aliphatic heterocycles. The first-order valence-corrected chi connectivity index (χ1v) is 4.06. The summed E-state index contributed by atoms with van der Waals surface area (Å²) in [6.07, 6.45) is -0.341. The van der Waals surface area contributed by atoms with Crippen LogP contribution in [0.5, 0.6) is 0 Å². The van der Waals surface area contributed by atoms with E-state index in [0.29, 0.717) is 5.56 Å². The summed E-state index contributed by atoms with van der Waals surface area (Å²) >= 11 is 0. The zero-order valence-electron chi connectivity index (χ0n) is 7.47. The molecular formula is C10H10N2O2. The van der Waals surface area contributed by atoms with Gasteiger partial charge in [-0.25, -0.2) is 0 Å². The molecule has 1 aromatic carbocycles. The number of nitrogens with zero attached hydrogens (tertiary/aromatic N) is 1. The van der Waals surface area contributed by atoms with Crippen molar-refractivity contribution < 1.29 is 9.90 Å². The number of rotatable bonds is 3. The van der Waals surface area contributed by atoms with Crippen LogP contribution >= 0.6 is 0 Å². The lowest BCUT2D eigenvalue weighted by molar-refractivity contribution is -0.136. The van der Waals surface area contributed by atoms with Crippen LogP contribution in [0.3, 0.4) is 0 Å². The van der Waals surface area contributed by atoms with Crippen molar-refractivity contribution in [3.63, 3.8) is 0 Å². The van der Waals surface area contributed by atoms with Gasteiger partial charge in [-0.15, -0.1) is 0 Å². The number of hydrogen-bond donors (Lipinski definition) is 2. The largest absolute Gasteiger partial charge is 0.374 e. The summed E-state index contributed by atoms with van der Waals surface area (Å²) in [5, 5.41) is 18.4. The van der Waals surface area contributed by atoms with Gasteiger partial charge in [-0.05, 0) is 5.56 Å². The Kier molecular flexibility index (Phi) is 2.85. The quantitative estimate of drug-likeness (QED) is 0.717. The molecule has 0 heterocycles. The van der Waals surface area contributed by atoms with E-state index in [1.807, 2.05) is 0 Å². The Morgan fingerprint density at radius 2 is 2.07 bits per heavy atom. The van der Waals surface area contributed by atoms with Crippen LogP contribution in [0.2, 0.25) is 0 Å². The van der Waals surface area contributed by atoms with Gasteiger partial charge in [-0.3, -0.25) is 4.79 Å². The maximum Gasteiger partial charge on any atom is 0.255 e. The second kappa shape index (κ2) is 3.90. The Hall–Kier alpha value is -1.86. The number of hydrogen-bond acceptors (Lipinski definition) is 3. The molecule has 14 heavy (non-hydrogen) atoms. The fourth-order valence-electron chi connectivity index (χ4n) is 1.16. The lowest BCUT2D eigenvalue weighted by Crippen LogP contribution is -2.40. The Morgan fingerprint density at radius 1 is 1.50 bits per heavy atom. The Balaban J connectivity index is 3.14. The SMILES string of the molecule is N#CC[C@@](O)(C(N)=O)c1ccccc1. The predicted octanol–water partition coefficient (Wildman–Crippen LogP) is 0.273. The summed E-state index contributed by atoms with van der Waals surface area (Å²) in [6, 6.07) is 9.93. The van der Waals surface area contributed by atoms with Crippen LogP contribution in [0.4, 0.5) is 0 Å². The highest BCUT2D eigenvalue weighted by molar-refractivity contribution is 5.84. The van der Waals surface area contributed by atoms with Gasteiger partial charge in [0.2, 0.25) is 0 Å². The van der Waals surface area contributed by atoms with E-state index in [9.17, 15) is 9.90 Å². The van der Waals surface area contributed by atoms with Crippen molar-refractivity contribution in [2.75, 3.05) is 0 Å². The molecule has 0 saturated heterocycles. The van der Waals surface area contributed by atoms with Crippen molar-refractivity contribution in [2.45, 2.75) is 12.0 Å². The molecule has 1 rings (SSSR count). The summed E-state index contributed by atoms with van der Waals surface area (Å²) in [5.74, 6) is -0.912. The molecule has 0 saturated carbocycles. The zero-order valence-corrected chi connectivity index (χ0v) is 7.47. The van der Waals surface area contributed by atoms with Gasteiger partial charge in [0.1, 0.15) is 0 Å². The van der Waals surface area contributed by atoms with Gasteiger partial charge in [-0.1, -0.05) is 30.3 Å². The smallest absolute Gasteiger partial charge is 0.255 e. The van der Waals surface area contributed by atoms with Crippen LogP contribution in [0, 0.1) is 11.3 Å². The molecule has 3 N–H and O–H groups in total. The normalized spacial score (nSPS) is 14.0. The van der Waals surface area contributed by atoms with E-state index in [1.54, 1.807) is 36.4 Å². The monoisotopic (exact) mass is 190 g/mol. The van der Waals surface area contributed by atoms with E-state index in [4.69, 9.17) is 11.0 Å². The first-order valence-electron chi connectivity index (χ1n) is 4.06. The number of nitrogens with two attached hydrogens (primary N) is 1. The van der Waals surface area contributed by atoms with Crippen LogP contribution in [0.15, 0.2) is 30.3 Å². The Morgan fingerprint density at radius 3 is 2.50 bits per heavy atom. The molecule has 4 nitrogen and oxygen atoms in total. The van der Waals surface area contributed by atoms with E-state index in [-0.39, 0.29) is 6.42 Å². The molecule has 0 unspecified atom stereocenters. The van der Waals surface area contributed by atoms with Crippen LogP contribution in [0.1, 0.15) is 12.0 Å². The summed E-state index contributed by atoms with van der Waals surface area (Å²) in [4.78, 5) is 11.0. The highest BCUT2D eigenvalue weighted by Gasteiger charge is 2.35. The number of primary amides is 1. The molecule has 0 spiro atoms. The summed E-state index contributed by atoms with van der Waals surface area (Å²) in [7, 11) is 0. The standard InChI is InChI=1S/C10H10N2O2/c11-7-6-10(14,9(12)13)8-4-2-1-3-5-8/h1-5,14H,6H2,(H2,12,13)/t10-/m0/s1. The third kappa shape index (κ3) is 1.73. The lowest BCUT2D eigenvalue weighted by atomic mass is 9.90. The van der Waals surface area contributed by atoms with E-state index in [1.165, 1.54) is 0 Å². The van der Waals surface area contributed by atoms with Crippen molar-refractivity contribution in [1.29, 1.82) is 5.26 Å². The van der Waals surface area contributed by atoms with E-state index in [2.05, 4.69) is 0 Å². The molecule has 0 aliphatic rings. The van der Waals surface area contributed by atoms with E-state index in [0.717, 1.165) is 0 Å². The van der Waals surface area contributed by atoms with Crippen molar-refractivity contribution in [3.05, 3.63) is 35.9 Å². The van der Waals surface area contributed by atoms with Gasteiger partial charge in [0.05, 0.1) is 12.5 Å². The number of nitriles is 1. The molecule has 4 heteroatoms. The first-order chi connectivity index (χ1) is 6.61. The summed E-state index contributed by atoms with van der Waals surface area (Å²) in [5.41, 5.74) is 3.51. The maximum atomic E-state index is 11.0. The molecule has 0 radical (unpaired) electrons. The van der Waals surface area contributed by atoms with Gasteiger partial charge < -0.3 is 10.8 Å². The van der Waals surface area contributed by atoms with Crippen molar-refractivity contribution in [3.8, 4) is 6.07 Å². The van der Waals surface area contributed by atoms with Crippen molar-refractivity contribution >= 4 is 5.91 Å². The predicted molar refractivity (Wildman–Crippen MR) is 49.8 cm³/mol. The van der Waals surface area contributed by atoms with Gasteiger partial charge in [-0.2, -0.15) is 5.26 Å². The molecule has 0 bridgehead atoms. The van der Waals surface area contributed by atoms with Crippen LogP contribution in [-0.2, 0) is 10.4 Å². The molecule has 1 aromatic rings. The third-order valence-electron chi connectivity index (χ3n) is 1.99. The van der Waals surface area contributed by atoms with Gasteiger partial charge in [0.25, 0.3) is 5.91 Å². The lowest BCUT2D eigenvalue weighted by Gasteiger charge is -2.21. The van der Waals surface area contributed by atoms with Crippen molar-refractivity contribution in [1.82, 2.24) is 0 Å². The highest BCUT2D eigenvalue weighted by atomic mass is 16.3. The molecule has 1 amide bonds. The first kappa shape index (κ1) is 10.2.